The van der Waals surface area contributed by atoms with Crippen molar-refractivity contribution in [2.75, 3.05) is 26.3 Å². The first kappa shape index (κ1) is 20.6. The normalized spacial score (nSPS) is 18.4. The summed E-state index contributed by atoms with van der Waals surface area (Å²) in [5.74, 6) is 0.867. The number of piperidine rings is 1. The largest absolute Gasteiger partial charge is 0.486 e. The average Bonchev–Trinajstić information content (AvgIpc) is 2.59. The molecular formula is C20H27ClN2O5. The number of carbonyl (C=O) groups is 2. The number of nitrogens with zero attached hydrogens (tertiary/aromatic N) is 1. The van der Waals surface area contributed by atoms with Gasteiger partial charge in [-0.1, -0.05) is 11.6 Å². The van der Waals surface area contributed by atoms with Gasteiger partial charge in [0.1, 0.15) is 18.8 Å². The molecule has 8 heteroatoms. The summed E-state index contributed by atoms with van der Waals surface area (Å²) in [5, 5.41) is 3.31. The first-order valence-electron chi connectivity index (χ1n) is 9.46. The first-order valence-corrected chi connectivity index (χ1v) is 9.84. The molecule has 1 aromatic rings. The predicted molar refractivity (Wildman–Crippen MR) is 105 cm³/mol. The van der Waals surface area contributed by atoms with E-state index in [0.29, 0.717) is 61.2 Å². The summed E-state index contributed by atoms with van der Waals surface area (Å²) in [5.41, 5.74) is -0.490. The molecule has 0 bridgehead atoms. The molecule has 0 radical (unpaired) electrons. The van der Waals surface area contributed by atoms with E-state index in [2.05, 4.69) is 5.32 Å². The number of ether oxygens (including phenoxy) is 3. The molecule has 1 fully saturated rings. The smallest absolute Gasteiger partial charge is 0.408 e. The van der Waals surface area contributed by atoms with Crippen LogP contribution in [0.15, 0.2) is 12.1 Å². The lowest BCUT2D eigenvalue weighted by Crippen LogP contribution is -2.55. The predicted octanol–water partition coefficient (Wildman–Crippen LogP) is 3.63. The number of rotatable bonds is 2. The van der Waals surface area contributed by atoms with Gasteiger partial charge >= 0.3 is 6.09 Å². The molecule has 0 spiro atoms. The summed E-state index contributed by atoms with van der Waals surface area (Å²) in [6.45, 7) is 9.38. The van der Waals surface area contributed by atoms with Crippen LogP contribution in [0.5, 0.6) is 11.5 Å². The SMILES string of the molecule is CC1(NC(=O)OC(C)(C)C)CCN(C(=O)c2cc(Cl)c3c(c2)OCCO3)CC1. The Morgan fingerprint density at radius 2 is 1.82 bits per heavy atom. The molecule has 1 saturated heterocycles. The number of alkyl carbamates (subject to hydrolysis) is 1. The summed E-state index contributed by atoms with van der Waals surface area (Å²) >= 11 is 6.25. The fourth-order valence-corrected chi connectivity index (χ4v) is 3.56. The maximum atomic E-state index is 12.9. The van der Waals surface area contributed by atoms with Crippen LogP contribution >= 0.6 is 11.6 Å². The summed E-state index contributed by atoms with van der Waals surface area (Å²) in [6.07, 6.45) is 0.834. The van der Waals surface area contributed by atoms with Crippen molar-refractivity contribution in [1.29, 1.82) is 0 Å². The van der Waals surface area contributed by atoms with Crippen LogP contribution in [0.2, 0.25) is 5.02 Å². The summed E-state index contributed by atoms with van der Waals surface area (Å²) in [7, 11) is 0. The van der Waals surface area contributed by atoms with Gasteiger partial charge in [0.15, 0.2) is 11.5 Å². The van der Waals surface area contributed by atoms with Crippen molar-refractivity contribution >= 4 is 23.6 Å². The van der Waals surface area contributed by atoms with Gasteiger partial charge in [0.2, 0.25) is 0 Å². The average molecular weight is 411 g/mol. The summed E-state index contributed by atoms with van der Waals surface area (Å²) in [4.78, 5) is 26.8. The van der Waals surface area contributed by atoms with Gasteiger partial charge in [-0.25, -0.2) is 4.79 Å². The van der Waals surface area contributed by atoms with Crippen LogP contribution in [-0.2, 0) is 4.74 Å². The molecule has 2 aliphatic rings. The van der Waals surface area contributed by atoms with Crippen molar-refractivity contribution in [3.8, 4) is 11.5 Å². The lowest BCUT2D eigenvalue weighted by molar-refractivity contribution is 0.0396. The molecule has 2 aliphatic heterocycles. The number of benzene rings is 1. The molecule has 0 aliphatic carbocycles. The van der Waals surface area contributed by atoms with Crippen molar-refractivity contribution in [2.45, 2.75) is 51.7 Å². The second-order valence-corrected chi connectivity index (χ2v) is 8.87. The molecule has 1 N–H and O–H groups in total. The zero-order valence-corrected chi connectivity index (χ0v) is 17.5. The Labute approximate surface area is 170 Å². The van der Waals surface area contributed by atoms with Crippen molar-refractivity contribution in [3.05, 3.63) is 22.7 Å². The Morgan fingerprint density at radius 1 is 1.18 bits per heavy atom. The van der Waals surface area contributed by atoms with Crippen LogP contribution < -0.4 is 14.8 Å². The molecule has 0 aromatic heterocycles. The third kappa shape index (κ3) is 4.82. The van der Waals surface area contributed by atoms with Gasteiger partial charge in [-0.15, -0.1) is 0 Å². The van der Waals surface area contributed by atoms with Crippen LogP contribution in [0, 0.1) is 0 Å². The highest BCUT2D eigenvalue weighted by atomic mass is 35.5. The molecule has 2 amide bonds. The number of amides is 2. The van der Waals surface area contributed by atoms with Crippen LogP contribution in [0.3, 0.4) is 0 Å². The topological polar surface area (TPSA) is 77.1 Å². The highest BCUT2D eigenvalue weighted by Gasteiger charge is 2.35. The van der Waals surface area contributed by atoms with Gasteiger partial charge in [0, 0.05) is 24.2 Å². The number of fused-ring (bicyclic) bond motifs is 1. The Morgan fingerprint density at radius 3 is 2.46 bits per heavy atom. The van der Waals surface area contributed by atoms with Gasteiger partial charge in [0.25, 0.3) is 5.91 Å². The minimum absolute atomic E-state index is 0.113. The molecule has 0 atom stereocenters. The molecule has 1 aromatic carbocycles. The van der Waals surface area contributed by atoms with Crippen LogP contribution in [0.4, 0.5) is 4.79 Å². The maximum Gasteiger partial charge on any atom is 0.408 e. The lowest BCUT2D eigenvalue weighted by atomic mass is 9.89. The van der Waals surface area contributed by atoms with Crippen LogP contribution in [0.1, 0.15) is 50.9 Å². The minimum Gasteiger partial charge on any atom is -0.486 e. The highest BCUT2D eigenvalue weighted by Crippen LogP contribution is 2.38. The fraction of sp³-hybridized carbons (Fsp3) is 0.600. The van der Waals surface area contributed by atoms with Crippen molar-refractivity contribution < 1.29 is 23.8 Å². The van der Waals surface area contributed by atoms with E-state index in [1.807, 2.05) is 27.7 Å². The van der Waals surface area contributed by atoms with E-state index in [0.717, 1.165) is 0 Å². The third-order valence-corrected chi connectivity index (χ3v) is 5.08. The molecule has 154 valence electrons. The van der Waals surface area contributed by atoms with Crippen molar-refractivity contribution in [2.24, 2.45) is 0 Å². The Balaban J connectivity index is 1.62. The van der Waals surface area contributed by atoms with E-state index in [4.69, 9.17) is 25.8 Å². The third-order valence-electron chi connectivity index (χ3n) is 4.80. The number of hydrogen-bond acceptors (Lipinski definition) is 5. The molecule has 3 rings (SSSR count). The number of nitrogens with one attached hydrogen (secondary N) is 1. The van der Waals surface area contributed by atoms with E-state index < -0.39 is 17.2 Å². The van der Waals surface area contributed by atoms with Gasteiger partial charge < -0.3 is 24.4 Å². The van der Waals surface area contributed by atoms with E-state index in [1.165, 1.54) is 0 Å². The summed E-state index contributed by atoms with van der Waals surface area (Å²) < 4.78 is 16.4. The highest BCUT2D eigenvalue weighted by molar-refractivity contribution is 6.32. The Hall–Kier alpha value is -2.15. The zero-order valence-electron chi connectivity index (χ0n) is 16.8. The molecule has 28 heavy (non-hydrogen) atoms. The minimum atomic E-state index is -0.547. The van der Waals surface area contributed by atoms with Gasteiger partial charge in [0.05, 0.1) is 5.02 Å². The monoisotopic (exact) mass is 410 g/mol. The quantitative estimate of drug-likeness (QED) is 0.805. The Bertz CT molecular complexity index is 767. The zero-order chi connectivity index (χ0) is 20.5. The van der Waals surface area contributed by atoms with E-state index in [1.54, 1.807) is 17.0 Å². The first-order chi connectivity index (χ1) is 13.1. The molecule has 2 heterocycles. The molecule has 0 unspecified atom stereocenters. The van der Waals surface area contributed by atoms with Crippen molar-refractivity contribution in [3.63, 3.8) is 0 Å². The van der Waals surface area contributed by atoms with E-state index >= 15 is 0 Å². The lowest BCUT2D eigenvalue weighted by Gasteiger charge is -2.40. The van der Waals surface area contributed by atoms with Crippen LogP contribution in [-0.4, -0.2) is 54.3 Å². The fourth-order valence-electron chi connectivity index (χ4n) is 3.30. The Kier molecular flexibility index (Phi) is 5.66. The maximum absolute atomic E-state index is 12.9. The molecular weight excluding hydrogens is 384 g/mol. The molecule has 7 nitrogen and oxygen atoms in total. The number of likely N-dealkylation sites (tertiary alicyclic amines) is 1. The van der Waals surface area contributed by atoms with Gasteiger partial charge in [-0.3, -0.25) is 4.79 Å². The second kappa shape index (κ2) is 7.70. The van der Waals surface area contributed by atoms with Crippen LogP contribution in [0.25, 0.3) is 0 Å². The molecule has 0 saturated carbocycles. The second-order valence-electron chi connectivity index (χ2n) is 8.46. The summed E-state index contributed by atoms with van der Waals surface area (Å²) in [6, 6.07) is 3.29. The number of carbonyl (C=O) groups excluding carboxylic acids is 2. The number of hydrogen-bond donors (Lipinski definition) is 1. The number of halogens is 1. The van der Waals surface area contributed by atoms with Crippen molar-refractivity contribution in [1.82, 2.24) is 10.2 Å². The van der Waals surface area contributed by atoms with Gasteiger partial charge in [-0.05, 0) is 52.7 Å². The van der Waals surface area contributed by atoms with E-state index in [-0.39, 0.29) is 5.91 Å². The van der Waals surface area contributed by atoms with Gasteiger partial charge in [-0.2, -0.15) is 0 Å². The van der Waals surface area contributed by atoms with E-state index in [9.17, 15) is 9.59 Å². The standard InChI is InChI=1S/C20H27ClN2O5/c1-19(2,3)28-18(25)22-20(4)5-7-23(8-6-20)17(24)13-11-14(21)16-15(12-13)26-9-10-27-16/h11-12H,5-10H2,1-4H3,(H,22,25).